The van der Waals surface area contributed by atoms with Gasteiger partial charge in [0.2, 0.25) is 0 Å². The number of rotatable bonds is 30. The van der Waals surface area contributed by atoms with Crippen LogP contribution in [0.4, 0.5) is 0 Å². The van der Waals surface area contributed by atoms with Gasteiger partial charge in [-0.05, 0) is 129 Å². The van der Waals surface area contributed by atoms with Crippen LogP contribution in [-0.4, -0.2) is 11.6 Å². The van der Waals surface area contributed by atoms with Crippen LogP contribution in [0.1, 0.15) is 262 Å². The fourth-order valence-corrected chi connectivity index (χ4v) is 13.9. The molecular weight excluding hydrogens is 897 g/mol. The van der Waals surface area contributed by atoms with Gasteiger partial charge < -0.3 is 0 Å². The van der Waals surface area contributed by atoms with E-state index in [0.717, 1.165) is 47.9 Å². The second kappa shape index (κ2) is 25.5. The number of fused-ring (bicyclic) bond motifs is 8. The Morgan fingerprint density at radius 3 is 0.865 bits per heavy atom. The standard InChI is InChI=1S/C72H88O2/c1-5-9-13-17-21-29-45-71(46-30-22-18-14-10-6-2)65-35-27-25-33-57(65)59-41-37-55(51-67(59)71)53-39-43-61-63(49-53)69(73)62-44-40-54(50-64(62)70(61)74)56-38-42-60-58-34-26-28-36-66(58)72(68(60)52-56,47-31-23-19-15-11-7-3)48-32-24-20-16-12-8-4/h25-28,33-44,49-52H,5-24,29-32,45-48H2,1-4H3. The van der Waals surface area contributed by atoms with Crippen LogP contribution in [0.2, 0.25) is 0 Å². The Hall–Kier alpha value is -5.34. The molecule has 0 saturated heterocycles. The Morgan fingerprint density at radius 2 is 0.527 bits per heavy atom. The summed E-state index contributed by atoms with van der Waals surface area (Å²) in [5, 5.41) is 0. The topological polar surface area (TPSA) is 34.1 Å². The van der Waals surface area contributed by atoms with Crippen LogP contribution in [0.15, 0.2) is 121 Å². The third-order valence-electron chi connectivity index (χ3n) is 18.0. The van der Waals surface area contributed by atoms with Gasteiger partial charge in [-0.1, -0.05) is 267 Å². The van der Waals surface area contributed by atoms with Gasteiger partial charge in [0.25, 0.3) is 0 Å². The van der Waals surface area contributed by atoms with Gasteiger partial charge in [-0.3, -0.25) is 9.59 Å². The van der Waals surface area contributed by atoms with E-state index in [1.165, 1.54) is 199 Å². The first-order chi connectivity index (χ1) is 36.4. The fourth-order valence-electron chi connectivity index (χ4n) is 13.9. The Kier molecular flexibility index (Phi) is 18.4. The first-order valence-corrected chi connectivity index (χ1v) is 30.3. The largest absolute Gasteiger partial charge is 0.289 e. The SMILES string of the molecule is CCCCCCCCC1(CCCCCCCC)c2ccccc2-c2ccc(-c3ccc4c(c3)C(=O)c3ccc(-c5ccc6c(c5)C(CCCCCCCC)(CCCCCCCC)c5ccccc5-6)cc3C4=O)cc21. The number of carbonyl (C=O) groups excluding carboxylic acids is 2. The average molecular weight is 985 g/mol. The van der Waals surface area contributed by atoms with Gasteiger partial charge >= 0.3 is 0 Å². The lowest BCUT2D eigenvalue weighted by Gasteiger charge is -2.33. The lowest BCUT2D eigenvalue weighted by atomic mass is 9.70. The normalized spacial score (nSPS) is 14.4. The molecule has 388 valence electrons. The van der Waals surface area contributed by atoms with Crippen LogP contribution in [0, 0.1) is 0 Å². The summed E-state index contributed by atoms with van der Waals surface area (Å²) in [4.78, 5) is 29.5. The molecule has 0 bridgehead atoms. The molecule has 0 saturated carbocycles. The highest BCUT2D eigenvalue weighted by atomic mass is 16.1. The van der Waals surface area contributed by atoms with Crippen molar-refractivity contribution >= 4 is 11.6 Å². The van der Waals surface area contributed by atoms with E-state index < -0.39 is 0 Å². The third-order valence-corrected chi connectivity index (χ3v) is 18.0. The second-order valence-corrected chi connectivity index (χ2v) is 23.0. The molecule has 0 N–H and O–H groups in total. The van der Waals surface area contributed by atoms with Crippen LogP contribution in [0.5, 0.6) is 0 Å². The predicted octanol–water partition coefficient (Wildman–Crippen LogP) is 21.3. The molecule has 0 unspecified atom stereocenters. The van der Waals surface area contributed by atoms with Gasteiger partial charge in [0.15, 0.2) is 11.6 Å². The van der Waals surface area contributed by atoms with Crippen molar-refractivity contribution in [1.29, 1.82) is 0 Å². The molecule has 0 aliphatic heterocycles. The minimum Gasteiger partial charge on any atom is -0.289 e. The molecule has 9 rings (SSSR count). The number of hydrogen-bond donors (Lipinski definition) is 0. The van der Waals surface area contributed by atoms with Gasteiger partial charge in [0.05, 0.1) is 0 Å². The number of hydrogen-bond acceptors (Lipinski definition) is 2. The summed E-state index contributed by atoms with van der Waals surface area (Å²) < 4.78 is 0. The maximum atomic E-state index is 14.7. The van der Waals surface area contributed by atoms with E-state index >= 15 is 0 Å². The molecule has 0 amide bonds. The molecule has 3 aliphatic rings. The van der Waals surface area contributed by atoms with E-state index in [1.54, 1.807) is 0 Å². The minimum absolute atomic E-state index is 0.0276. The van der Waals surface area contributed by atoms with Crippen molar-refractivity contribution in [2.75, 3.05) is 0 Å². The van der Waals surface area contributed by atoms with Gasteiger partial charge in [-0.15, -0.1) is 0 Å². The van der Waals surface area contributed by atoms with Crippen LogP contribution in [0.25, 0.3) is 44.5 Å². The summed E-state index contributed by atoms with van der Waals surface area (Å²) >= 11 is 0. The highest BCUT2D eigenvalue weighted by Gasteiger charge is 2.44. The molecule has 0 heterocycles. The lowest BCUT2D eigenvalue weighted by molar-refractivity contribution is 0.0979. The van der Waals surface area contributed by atoms with Crippen molar-refractivity contribution in [1.82, 2.24) is 0 Å². The van der Waals surface area contributed by atoms with Crippen molar-refractivity contribution in [2.45, 2.75) is 218 Å². The highest BCUT2D eigenvalue weighted by molar-refractivity contribution is 6.29. The number of ketones is 2. The van der Waals surface area contributed by atoms with E-state index in [9.17, 15) is 9.59 Å². The van der Waals surface area contributed by atoms with Crippen LogP contribution in [0.3, 0.4) is 0 Å². The van der Waals surface area contributed by atoms with E-state index in [2.05, 4.69) is 125 Å². The summed E-state index contributed by atoms with van der Waals surface area (Å²) in [5.74, 6) is -0.114. The molecule has 0 aromatic heterocycles. The zero-order chi connectivity index (χ0) is 51.3. The Labute approximate surface area is 447 Å². The van der Waals surface area contributed by atoms with Crippen LogP contribution < -0.4 is 0 Å². The maximum absolute atomic E-state index is 14.7. The monoisotopic (exact) mass is 985 g/mol. The molecule has 2 nitrogen and oxygen atoms in total. The second-order valence-electron chi connectivity index (χ2n) is 23.0. The van der Waals surface area contributed by atoms with Crippen LogP contribution >= 0.6 is 0 Å². The average Bonchev–Trinajstić information content (AvgIpc) is 3.89. The molecule has 0 fully saturated rings. The van der Waals surface area contributed by atoms with Crippen molar-refractivity contribution in [2.24, 2.45) is 0 Å². The zero-order valence-corrected chi connectivity index (χ0v) is 46.2. The van der Waals surface area contributed by atoms with Crippen LogP contribution in [-0.2, 0) is 10.8 Å². The molecule has 0 radical (unpaired) electrons. The Balaban J connectivity index is 1.01. The van der Waals surface area contributed by atoms with Gasteiger partial charge in [0.1, 0.15) is 0 Å². The smallest absolute Gasteiger partial charge is 0.194 e. The van der Waals surface area contributed by atoms with Crippen molar-refractivity contribution in [3.05, 3.63) is 166 Å². The zero-order valence-electron chi connectivity index (χ0n) is 46.2. The summed E-state index contributed by atoms with van der Waals surface area (Å²) in [6, 6.07) is 44.7. The summed E-state index contributed by atoms with van der Waals surface area (Å²) in [6.07, 6.45) is 35.6. The molecule has 0 atom stereocenters. The van der Waals surface area contributed by atoms with Crippen molar-refractivity contribution in [3.8, 4) is 44.5 Å². The molecule has 6 aromatic carbocycles. The summed E-state index contributed by atoms with van der Waals surface area (Å²) in [5.41, 5.74) is 17.7. The van der Waals surface area contributed by atoms with E-state index in [0.29, 0.717) is 22.3 Å². The quantitative estimate of drug-likeness (QED) is 0.0421. The van der Waals surface area contributed by atoms with Gasteiger partial charge in [-0.25, -0.2) is 0 Å². The highest BCUT2D eigenvalue weighted by Crippen LogP contribution is 2.57. The number of benzene rings is 6. The Morgan fingerprint density at radius 1 is 0.257 bits per heavy atom. The summed E-state index contributed by atoms with van der Waals surface area (Å²) in [7, 11) is 0. The first kappa shape index (κ1) is 53.5. The maximum Gasteiger partial charge on any atom is 0.194 e. The molecule has 3 aliphatic carbocycles. The van der Waals surface area contributed by atoms with Crippen molar-refractivity contribution in [3.63, 3.8) is 0 Å². The van der Waals surface area contributed by atoms with E-state index in [1.807, 2.05) is 24.3 Å². The van der Waals surface area contributed by atoms with Gasteiger partial charge in [0, 0.05) is 33.1 Å². The molecular formula is C72H88O2. The third kappa shape index (κ3) is 11.1. The first-order valence-electron chi connectivity index (χ1n) is 30.3. The fraction of sp³-hybridized carbons (Fsp3) is 0.472. The molecule has 0 spiro atoms. The van der Waals surface area contributed by atoms with Gasteiger partial charge in [-0.2, -0.15) is 0 Å². The molecule has 2 heteroatoms. The van der Waals surface area contributed by atoms with E-state index in [-0.39, 0.29) is 22.4 Å². The van der Waals surface area contributed by atoms with Crippen molar-refractivity contribution < 1.29 is 9.59 Å². The minimum atomic E-state index is -0.0571. The number of carbonyl (C=O) groups is 2. The summed E-state index contributed by atoms with van der Waals surface area (Å²) in [6.45, 7) is 9.20. The van der Waals surface area contributed by atoms with E-state index in [4.69, 9.17) is 0 Å². The Bertz CT molecular complexity index is 2630. The predicted molar refractivity (Wildman–Crippen MR) is 315 cm³/mol. The lowest BCUT2D eigenvalue weighted by Crippen LogP contribution is -2.25. The molecule has 6 aromatic rings. The molecule has 74 heavy (non-hydrogen) atoms. The number of unbranched alkanes of at least 4 members (excludes halogenated alkanes) is 20.